The van der Waals surface area contributed by atoms with Crippen LogP contribution < -0.4 is 10.2 Å². The van der Waals surface area contributed by atoms with Gasteiger partial charge in [-0.2, -0.15) is 0 Å². The summed E-state index contributed by atoms with van der Waals surface area (Å²) in [5.74, 6) is 0.638. The predicted molar refractivity (Wildman–Crippen MR) is 90.7 cm³/mol. The standard InChI is InChI=1S/C16H31N3O3S/c1-14-6-3-9-18(12-14)10-5-8-17-16(20)15-7-4-11-19(13-15)23(2,21)22/h14-15H,3-13H2,1-2H3,(H,17,20)/p+1. The summed E-state index contributed by atoms with van der Waals surface area (Å²) in [5.41, 5.74) is 0. The van der Waals surface area contributed by atoms with Crippen LogP contribution in [0.4, 0.5) is 0 Å². The lowest BCUT2D eigenvalue weighted by atomic mass is 9.99. The summed E-state index contributed by atoms with van der Waals surface area (Å²) in [6.45, 7) is 7.51. The van der Waals surface area contributed by atoms with Gasteiger partial charge in [0.25, 0.3) is 0 Å². The van der Waals surface area contributed by atoms with Crippen LogP contribution in [0.15, 0.2) is 0 Å². The molecule has 0 radical (unpaired) electrons. The van der Waals surface area contributed by atoms with E-state index in [9.17, 15) is 13.2 Å². The van der Waals surface area contributed by atoms with Crippen molar-refractivity contribution in [2.24, 2.45) is 11.8 Å². The smallest absolute Gasteiger partial charge is 0.224 e. The monoisotopic (exact) mass is 346 g/mol. The molecule has 0 spiro atoms. The van der Waals surface area contributed by atoms with Gasteiger partial charge in [-0.25, -0.2) is 12.7 Å². The fourth-order valence-electron chi connectivity index (χ4n) is 3.78. The lowest BCUT2D eigenvalue weighted by Gasteiger charge is -2.30. The van der Waals surface area contributed by atoms with Gasteiger partial charge in [0.05, 0.1) is 31.8 Å². The Kier molecular flexibility index (Phi) is 6.85. The normalized spacial score (nSPS) is 30.1. The van der Waals surface area contributed by atoms with E-state index in [1.807, 2.05) is 0 Å². The Labute approximate surface area is 140 Å². The number of amides is 1. The number of quaternary nitrogens is 1. The first-order chi connectivity index (χ1) is 10.9. The van der Waals surface area contributed by atoms with Gasteiger partial charge in [-0.1, -0.05) is 6.92 Å². The quantitative estimate of drug-likeness (QED) is 0.636. The van der Waals surface area contributed by atoms with E-state index in [-0.39, 0.29) is 11.8 Å². The molecule has 0 aliphatic carbocycles. The van der Waals surface area contributed by atoms with Crippen molar-refractivity contribution in [2.75, 3.05) is 45.5 Å². The van der Waals surface area contributed by atoms with Crippen LogP contribution >= 0.6 is 0 Å². The van der Waals surface area contributed by atoms with Crippen molar-refractivity contribution in [1.29, 1.82) is 0 Å². The number of piperidine rings is 2. The maximum atomic E-state index is 12.2. The number of carbonyl (C=O) groups is 1. The molecule has 3 unspecified atom stereocenters. The molecule has 0 bridgehead atoms. The molecular weight excluding hydrogens is 314 g/mol. The van der Waals surface area contributed by atoms with Crippen LogP contribution in [0, 0.1) is 11.8 Å². The minimum Gasteiger partial charge on any atom is -0.356 e. The van der Waals surface area contributed by atoms with E-state index in [2.05, 4.69) is 12.2 Å². The lowest BCUT2D eigenvalue weighted by molar-refractivity contribution is -0.908. The Morgan fingerprint density at radius 2 is 2.09 bits per heavy atom. The number of nitrogens with one attached hydrogen (secondary N) is 2. The molecule has 6 nitrogen and oxygen atoms in total. The third kappa shape index (κ3) is 6.04. The fraction of sp³-hybridized carbons (Fsp3) is 0.938. The van der Waals surface area contributed by atoms with Crippen molar-refractivity contribution in [3.05, 3.63) is 0 Å². The predicted octanol–water partition coefficient (Wildman–Crippen LogP) is -0.521. The third-order valence-electron chi connectivity index (χ3n) is 5.09. The van der Waals surface area contributed by atoms with E-state index in [4.69, 9.17) is 0 Å². The summed E-state index contributed by atoms with van der Waals surface area (Å²) in [5, 5.41) is 3.00. The van der Waals surface area contributed by atoms with Gasteiger partial charge in [-0.05, 0) is 25.7 Å². The first-order valence-electron chi connectivity index (χ1n) is 8.92. The lowest BCUT2D eigenvalue weighted by Crippen LogP contribution is -3.13. The molecule has 23 heavy (non-hydrogen) atoms. The molecule has 2 aliphatic heterocycles. The zero-order valence-corrected chi connectivity index (χ0v) is 15.3. The van der Waals surface area contributed by atoms with Crippen molar-refractivity contribution < 1.29 is 18.1 Å². The molecule has 2 N–H and O–H groups in total. The van der Waals surface area contributed by atoms with Gasteiger partial charge in [-0.3, -0.25) is 4.79 Å². The van der Waals surface area contributed by atoms with Gasteiger partial charge in [-0.15, -0.1) is 0 Å². The van der Waals surface area contributed by atoms with Gasteiger partial charge >= 0.3 is 0 Å². The van der Waals surface area contributed by atoms with Crippen LogP contribution in [0.3, 0.4) is 0 Å². The van der Waals surface area contributed by atoms with E-state index in [1.165, 1.54) is 36.5 Å². The molecule has 2 rings (SSSR count). The van der Waals surface area contributed by atoms with E-state index >= 15 is 0 Å². The summed E-state index contributed by atoms with van der Waals surface area (Å²) in [6.07, 6.45) is 6.42. The SMILES string of the molecule is CC1CCC[NH+](CCCNC(=O)C2CCCN(S(C)(=O)=O)C2)C1. The average Bonchev–Trinajstić information content (AvgIpc) is 2.51. The number of likely N-dealkylation sites (tertiary alicyclic amines) is 1. The van der Waals surface area contributed by atoms with E-state index in [0.717, 1.165) is 31.7 Å². The van der Waals surface area contributed by atoms with Crippen molar-refractivity contribution in [2.45, 2.75) is 39.0 Å². The topological polar surface area (TPSA) is 70.9 Å². The molecule has 2 fully saturated rings. The van der Waals surface area contributed by atoms with E-state index in [0.29, 0.717) is 19.6 Å². The second kappa shape index (κ2) is 8.44. The van der Waals surface area contributed by atoms with Crippen molar-refractivity contribution in [3.8, 4) is 0 Å². The van der Waals surface area contributed by atoms with Crippen LogP contribution in [-0.2, 0) is 14.8 Å². The molecule has 3 atom stereocenters. The number of hydrogen-bond donors (Lipinski definition) is 2. The van der Waals surface area contributed by atoms with Gasteiger partial charge in [0.2, 0.25) is 15.9 Å². The Hall–Kier alpha value is -0.660. The van der Waals surface area contributed by atoms with E-state index in [1.54, 1.807) is 4.90 Å². The van der Waals surface area contributed by atoms with Crippen LogP contribution in [-0.4, -0.2) is 64.2 Å². The minimum absolute atomic E-state index is 0.0142. The summed E-state index contributed by atoms with van der Waals surface area (Å²) < 4.78 is 24.6. The van der Waals surface area contributed by atoms with E-state index < -0.39 is 10.0 Å². The molecule has 2 saturated heterocycles. The summed E-state index contributed by atoms with van der Waals surface area (Å²) in [4.78, 5) is 13.9. The average molecular weight is 347 g/mol. The zero-order valence-electron chi connectivity index (χ0n) is 14.5. The van der Waals surface area contributed by atoms with Gasteiger partial charge in [0, 0.05) is 32.0 Å². The maximum Gasteiger partial charge on any atom is 0.224 e. The van der Waals surface area contributed by atoms with Gasteiger partial charge < -0.3 is 10.2 Å². The molecule has 2 heterocycles. The highest BCUT2D eigenvalue weighted by atomic mass is 32.2. The molecule has 7 heteroatoms. The molecule has 134 valence electrons. The number of sulfonamides is 1. The first-order valence-corrected chi connectivity index (χ1v) is 10.8. The molecule has 0 aromatic rings. The largest absolute Gasteiger partial charge is 0.356 e. The molecule has 0 aromatic carbocycles. The van der Waals surface area contributed by atoms with Crippen LogP contribution in [0.2, 0.25) is 0 Å². The number of nitrogens with zero attached hydrogens (tertiary/aromatic N) is 1. The second-order valence-electron chi connectivity index (χ2n) is 7.31. The van der Waals surface area contributed by atoms with Crippen molar-refractivity contribution >= 4 is 15.9 Å². The summed E-state index contributed by atoms with van der Waals surface area (Å²) in [7, 11) is -3.19. The van der Waals surface area contributed by atoms with Crippen molar-refractivity contribution in [3.63, 3.8) is 0 Å². The number of carbonyl (C=O) groups excluding carboxylic acids is 1. The summed E-state index contributed by atoms with van der Waals surface area (Å²) >= 11 is 0. The number of rotatable bonds is 6. The number of hydrogen-bond acceptors (Lipinski definition) is 3. The van der Waals surface area contributed by atoms with Crippen LogP contribution in [0.1, 0.15) is 39.0 Å². The van der Waals surface area contributed by atoms with Crippen molar-refractivity contribution in [1.82, 2.24) is 9.62 Å². The Balaban J connectivity index is 1.66. The molecule has 2 aliphatic rings. The van der Waals surface area contributed by atoms with Gasteiger partial charge in [0.1, 0.15) is 0 Å². The molecule has 0 saturated carbocycles. The van der Waals surface area contributed by atoms with Gasteiger partial charge in [0.15, 0.2) is 0 Å². The highest BCUT2D eigenvalue weighted by Gasteiger charge is 2.30. The highest BCUT2D eigenvalue weighted by Crippen LogP contribution is 2.18. The highest BCUT2D eigenvalue weighted by molar-refractivity contribution is 7.88. The molecular formula is C16H32N3O3S+. The zero-order chi connectivity index (χ0) is 16.9. The first kappa shape index (κ1) is 18.7. The maximum absolute atomic E-state index is 12.2. The fourth-order valence-corrected chi connectivity index (χ4v) is 4.69. The third-order valence-corrected chi connectivity index (χ3v) is 6.36. The second-order valence-corrected chi connectivity index (χ2v) is 9.29. The molecule has 0 aromatic heterocycles. The Morgan fingerprint density at radius 3 is 2.78 bits per heavy atom. The minimum atomic E-state index is -3.19. The van der Waals surface area contributed by atoms with Crippen LogP contribution in [0.25, 0.3) is 0 Å². The Bertz CT molecular complexity index is 495. The van der Waals surface area contributed by atoms with Crippen LogP contribution in [0.5, 0.6) is 0 Å². The molecule has 1 amide bonds. The summed E-state index contributed by atoms with van der Waals surface area (Å²) in [6, 6.07) is 0. The Morgan fingerprint density at radius 1 is 1.30 bits per heavy atom.